The number of amides is 1. The summed E-state index contributed by atoms with van der Waals surface area (Å²) in [6, 6.07) is 15.0. The maximum Gasteiger partial charge on any atom is 0.253 e. The maximum atomic E-state index is 11.9. The fraction of sp³-hybridized carbons (Fsp3) is 0.200. The number of aryl methyl sites for hydroxylation is 1. The van der Waals surface area contributed by atoms with Gasteiger partial charge in [-0.1, -0.05) is 29.4 Å². The Bertz CT molecular complexity index is 982. The maximum absolute atomic E-state index is 11.9. The van der Waals surface area contributed by atoms with Crippen LogP contribution in [0.1, 0.15) is 21.8 Å². The van der Waals surface area contributed by atoms with Gasteiger partial charge in [0, 0.05) is 30.9 Å². The summed E-state index contributed by atoms with van der Waals surface area (Å²) in [5, 5.41) is 10.5. The molecule has 2 aromatic carbocycles. The minimum Gasteiger partial charge on any atom is -0.353 e. The van der Waals surface area contributed by atoms with Gasteiger partial charge in [0.2, 0.25) is 11.7 Å². The van der Waals surface area contributed by atoms with E-state index in [-0.39, 0.29) is 5.91 Å². The smallest absolute Gasteiger partial charge is 0.253 e. The Labute approximate surface area is 168 Å². The third-order valence-electron chi connectivity index (χ3n) is 4.05. The molecule has 0 spiro atoms. The first-order chi connectivity index (χ1) is 13.4. The summed E-state index contributed by atoms with van der Waals surface area (Å²) in [6.07, 6.45) is 0. The zero-order valence-electron chi connectivity index (χ0n) is 15.9. The van der Waals surface area contributed by atoms with Crippen LogP contribution in [0.4, 0.5) is 5.69 Å². The standard InChI is InChI=1S/C20H21N5O2S/c1-13-6-4-5-7-16(13)18-23-17(27-24-18)12-21-20(28)22-15-10-8-14(9-11-15)19(26)25(2)3/h4-11H,12H2,1-3H3,(H2,21,22,28). The van der Waals surface area contributed by atoms with Crippen LogP contribution in [0, 0.1) is 6.92 Å². The molecule has 3 aromatic rings. The minimum absolute atomic E-state index is 0.0481. The number of thiocarbonyl (C=S) groups is 1. The molecule has 144 valence electrons. The molecule has 1 amide bonds. The van der Waals surface area contributed by atoms with Gasteiger partial charge in [0.15, 0.2) is 5.11 Å². The zero-order valence-corrected chi connectivity index (χ0v) is 16.7. The van der Waals surface area contributed by atoms with Crippen molar-refractivity contribution in [3.63, 3.8) is 0 Å². The molecule has 0 aliphatic carbocycles. The topological polar surface area (TPSA) is 83.3 Å². The van der Waals surface area contributed by atoms with Crippen molar-refractivity contribution in [2.24, 2.45) is 0 Å². The van der Waals surface area contributed by atoms with E-state index in [1.54, 1.807) is 38.4 Å². The first-order valence-electron chi connectivity index (χ1n) is 8.69. The number of rotatable bonds is 5. The summed E-state index contributed by atoms with van der Waals surface area (Å²) >= 11 is 5.29. The quantitative estimate of drug-likeness (QED) is 0.642. The Morgan fingerprint density at radius 3 is 2.54 bits per heavy atom. The van der Waals surface area contributed by atoms with E-state index in [4.69, 9.17) is 16.7 Å². The van der Waals surface area contributed by atoms with Crippen molar-refractivity contribution in [3.05, 3.63) is 65.5 Å². The summed E-state index contributed by atoms with van der Waals surface area (Å²) < 4.78 is 5.29. The molecule has 28 heavy (non-hydrogen) atoms. The van der Waals surface area contributed by atoms with Crippen molar-refractivity contribution in [2.75, 3.05) is 19.4 Å². The number of aromatic nitrogens is 2. The van der Waals surface area contributed by atoms with Gasteiger partial charge in [0.05, 0.1) is 6.54 Å². The minimum atomic E-state index is -0.0481. The Hall–Kier alpha value is -3.26. The molecular formula is C20H21N5O2S. The predicted molar refractivity (Wildman–Crippen MR) is 112 cm³/mol. The predicted octanol–water partition coefficient (Wildman–Crippen LogP) is 3.23. The second kappa shape index (κ2) is 8.62. The fourth-order valence-electron chi connectivity index (χ4n) is 2.55. The number of hydrogen-bond donors (Lipinski definition) is 2. The van der Waals surface area contributed by atoms with Gasteiger partial charge in [-0.25, -0.2) is 0 Å². The molecule has 0 fully saturated rings. The third-order valence-corrected chi connectivity index (χ3v) is 4.30. The summed E-state index contributed by atoms with van der Waals surface area (Å²) in [6.45, 7) is 2.31. The second-order valence-corrected chi connectivity index (χ2v) is 6.82. The van der Waals surface area contributed by atoms with Gasteiger partial charge in [-0.3, -0.25) is 4.79 Å². The van der Waals surface area contributed by atoms with Crippen LogP contribution in [0.25, 0.3) is 11.4 Å². The van der Waals surface area contributed by atoms with Gasteiger partial charge in [-0.2, -0.15) is 4.98 Å². The average Bonchev–Trinajstić information content (AvgIpc) is 3.15. The second-order valence-electron chi connectivity index (χ2n) is 6.41. The molecule has 0 unspecified atom stereocenters. The summed E-state index contributed by atoms with van der Waals surface area (Å²) in [4.78, 5) is 17.8. The molecule has 7 nitrogen and oxygen atoms in total. The number of carbonyl (C=O) groups excluding carboxylic acids is 1. The zero-order chi connectivity index (χ0) is 20.1. The van der Waals surface area contributed by atoms with Crippen molar-refractivity contribution >= 4 is 28.9 Å². The van der Waals surface area contributed by atoms with Crippen LogP contribution in [0.2, 0.25) is 0 Å². The molecular weight excluding hydrogens is 374 g/mol. The van der Waals surface area contributed by atoms with Gasteiger partial charge < -0.3 is 20.1 Å². The first-order valence-corrected chi connectivity index (χ1v) is 9.10. The molecule has 0 bridgehead atoms. The van der Waals surface area contributed by atoms with E-state index in [0.717, 1.165) is 16.8 Å². The largest absolute Gasteiger partial charge is 0.353 e. The highest BCUT2D eigenvalue weighted by atomic mass is 32.1. The number of hydrogen-bond acceptors (Lipinski definition) is 5. The number of benzene rings is 2. The molecule has 0 aliphatic heterocycles. The highest BCUT2D eigenvalue weighted by Crippen LogP contribution is 2.19. The monoisotopic (exact) mass is 395 g/mol. The molecule has 0 saturated heterocycles. The Kier molecular flexibility index (Phi) is 6.00. The molecule has 0 atom stereocenters. The summed E-state index contributed by atoms with van der Waals surface area (Å²) in [5.74, 6) is 0.942. The van der Waals surface area contributed by atoms with Crippen LogP contribution in [0.15, 0.2) is 53.1 Å². The Balaban J connectivity index is 1.55. The van der Waals surface area contributed by atoms with Crippen LogP contribution in [0.3, 0.4) is 0 Å². The summed E-state index contributed by atoms with van der Waals surface area (Å²) in [7, 11) is 3.44. The van der Waals surface area contributed by atoms with E-state index in [0.29, 0.717) is 28.9 Å². The van der Waals surface area contributed by atoms with E-state index in [2.05, 4.69) is 20.8 Å². The highest BCUT2D eigenvalue weighted by Gasteiger charge is 2.11. The number of nitrogens with one attached hydrogen (secondary N) is 2. The molecule has 3 rings (SSSR count). The molecule has 0 radical (unpaired) electrons. The van der Waals surface area contributed by atoms with Crippen LogP contribution in [-0.2, 0) is 6.54 Å². The van der Waals surface area contributed by atoms with Gasteiger partial charge in [0.1, 0.15) is 0 Å². The normalized spacial score (nSPS) is 10.4. The lowest BCUT2D eigenvalue weighted by Crippen LogP contribution is -2.28. The lowest BCUT2D eigenvalue weighted by Gasteiger charge is -2.12. The average molecular weight is 395 g/mol. The molecule has 2 N–H and O–H groups in total. The molecule has 1 heterocycles. The van der Waals surface area contributed by atoms with Crippen molar-refractivity contribution in [3.8, 4) is 11.4 Å². The number of anilines is 1. The molecule has 8 heteroatoms. The van der Waals surface area contributed by atoms with Crippen LogP contribution in [-0.4, -0.2) is 40.2 Å². The molecule has 0 aliphatic rings. The van der Waals surface area contributed by atoms with E-state index >= 15 is 0 Å². The van der Waals surface area contributed by atoms with E-state index in [9.17, 15) is 4.79 Å². The summed E-state index contributed by atoms with van der Waals surface area (Å²) in [5.41, 5.74) is 3.41. The number of carbonyl (C=O) groups is 1. The van der Waals surface area contributed by atoms with Crippen molar-refractivity contribution < 1.29 is 9.32 Å². The van der Waals surface area contributed by atoms with Crippen LogP contribution < -0.4 is 10.6 Å². The van der Waals surface area contributed by atoms with E-state index < -0.39 is 0 Å². The number of nitrogens with zero attached hydrogens (tertiary/aromatic N) is 3. The Morgan fingerprint density at radius 2 is 1.86 bits per heavy atom. The Morgan fingerprint density at radius 1 is 1.14 bits per heavy atom. The highest BCUT2D eigenvalue weighted by molar-refractivity contribution is 7.80. The van der Waals surface area contributed by atoms with Crippen LogP contribution >= 0.6 is 12.2 Å². The fourth-order valence-corrected chi connectivity index (χ4v) is 2.74. The van der Waals surface area contributed by atoms with Crippen molar-refractivity contribution in [1.29, 1.82) is 0 Å². The lowest BCUT2D eigenvalue weighted by molar-refractivity contribution is 0.0827. The van der Waals surface area contributed by atoms with E-state index in [1.165, 1.54) is 4.90 Å². The molecule has 1 aromatic heterocycles. The third kappa shape index (κ3) is 4.72. The van der Waals surface area contributed by atoms with Gasteiger partial charge in [0.25, 0.3) is 5.91 Å². The molecule has 0 saturated carbocycles. The van der Waals surface area contributed by atoms with Gasteiger partial charge in [-0.05, 0) is 49.0 Å². The van der Waals surface area contributed by atoms with Crippen molar-refractivity contribution in [2.45, 2.75) is 13.5 Å². The lowest BCUT2D eigenvalue weighted by atomic mass is 10.1. The SMILES string of the molecule is Cc1ccccc1-c1noc(CNC(=S)Nc2ccc(C(=O)N(C)C)cc2)n1. The van der Waals surface area contributed by atoms with Crippen LogP contribution in [0.5, 0.6) is 0 Å². The van der Waals surface area contributed by atoms with E-state index in [1.807, 2.05) is 31.2 Å². The first kappa shape index (κ1) is 19.5. The van der Waals surface area contributed by atoms with Gasteiger partial charge >= 0.3 is 0 Å². The van der Waals surface area contributed by atoms with Crippen molar-refractivity contribution in [1.82, 2.24) is 20.4 Å². The van der Waals surface area contributed by atoms with Gasteiger partial charge in [-0.15, -0.1) is 0 Å².